The second kappa shape index (κ2) is 4.68. The number of thiocarbonyl (C=S) groups is 1. The topological polar surface area (TPSA) is 47.3 Å². The van der Waals surface area contributed by atoms with Gasteiger partial charge in [-0.3, -0.25) is 0 Å². The van der Waals surface area contributed by atoms with Crippen molar-refractivity contribution in [3.63, 3.8) is 0 Å². The van der Waals surface area contributed by atoms with Crippen molar-refractivity contribution in [2.24, 2.45) is 5.73 Å². The Morgan fingerprint density at radius 1 is 1.44 bits per heavy atom. The van der Waals surface area contributed by atoms with E-state index in [9.17, 15) is 0 Å². The lowest BCUT2D eigenvalue weighted by Gasteiger charge is -2.23. The monoisotopic (exact) mass is 282 g/mol. The second-order valence-electron chi connectivity index (χ2n) is 4.91. The summed E-state index contributed by atoms with van der Waals surface area (Å²) < 4.78 is 5.83. The number of fused-ring (bicyclic) bond motifs is 2. The van der Waals surface area contributed by atoms with Crippen LogP contribution in [0.4, 0.5) is 5.69 Å². The molecule has 0 amide bonds. The largest absolute Gasteiger partial charge is 0.389 e. The van der Waals surface area contributed by atoms with E-state index in [4.69, 9.17) is 34.3 Å². The number of hydrogen-bond donors (Lipinski definition) is 2. The molecule has 96 valence electrons. The molecule has 2 bridgehead atoms. The highest BCUT2D eigenvalue weighted by Crippen LogP contribution is 2.36. The molecule has 5 heteroatoms. The predicted molar refractivity (Wildman–Crippen MR) is 77.3 cm³/mol. The van der Waals surface area contributed by atoms with E-state index in [0.29, 0.717) is 28.3 Å². The minimum Gasteiger partial charge on any atom is -0.389 e. The highest BCUT2D eigenvalue weighted by Gasteiger charge is 2.40. The average Bonchev–Trinajstić information content (AvgIpc) is 2.90. The summed E-state index contributed by atoms with van der Waals surface area (Å²) in [4.78, 5) is 0.387. The van der Waals surface area contributed by atoms with Crippen LogP contribution in [-0.2, 0) is 4.74 Å². The SMILES string of the molecule is NC(=S)c1ccc(Cl)cc1NC1CC2CCC1O2. The standard InChI is InChI=1S/C13H15ClN2OS/c14-7-1-3-9(13(15)18)10(5-7)16-11-6-8-2-4-12(11)17-8/h1,3,5,8,11-12,16H,2,4,6H2,(H2,15,18). The zero-order valence-electron chi connectivity index (χ0n) is 9.86. The molecule has 0 aromatic heterocycles. The maximum atomic E-state index is 6.03. The van der Waals surface area contributed by atoms with Crippen LogP contribution < -0.4 is 11.1 Å². The van der Waals surface area contributed by atoms with Gasteiger partial charge in [0.25, 0.3) is 0 Å². The van der Waals surface area contributed by atoms with Gasteiger partial charge in [-0.1, -0.05) is 23.8 Å². The number of halogens is 1. The van der Waals surface area contributed by atoms with Gasteiger partial charge in [0, 0.05) is 16.3 Å². The van der Waals surface area contributed by atoms with Gasteiger partial charge in [0.2, 0.25) is 0 Å². The van der Waals surface area contributed by atoms with E-state index in [-0.39, 0.29) is 0 Å². The Labute approximate surface area is 117 Å². The Morgan fingerprint density at radius 2 is 2.28 bits per heavy atom. The first kappa shape index (κ1) is 12.2. The quantitative estimate of drug-likeness (QED) is 0.837. The van der Waals surface area contributed by atoms with Crippen molar-refractivity contribution >= 4 is 34.5 Å². The van der Waals surface area contributed by atoms with Crippen molar-refractivity contribution < 1.29 is 4.74 Å². The third-order valence-electron chi connectivity index (χ3n) is 3.69. The minimum absolute atomic E-state index is 0.313. The smallest absolute Gasteiger partial charge is 0.106 e. The van der Waals surface area contributed by atoms with E-state index in [1.54, 1.807) is 6.07 Å². The summed E-state index contributed by atoms with van der Waals surface area (Å²) in [6, 6.07) is 5.89. The van der Waals surface area contributed by atoms with Gasteiger partial charge in [-0.05, 0) is 37.5 Å². The molecule has 2 aliphatic heterocycles. The van der Waals surface area contributed by atoms with Crippen LogP contribution in [0.5, 0.6) is 0 Å². The number of rotatable bonds is 3. The van der Waals surface area contributed by atoms with Crippen LogP contribution >= 0.6 is 23.8 Å². The number of nitrogens with two attached hydrogens (primary N) is 1. The van der Waals surface area contributed by atoms with Crippen LogP contribution in [0.15, 0.2) is 18.2 Å². The summed E-state index contributed by atoms with van der Waals surface area (Å²) in [6.07, 6.45) is 4.09. The fourth-order valence-corrected chi connectivity index (χ4v) is 3.19. The molecule has 3 unspecified atom stereocenters. The number of ether oxygens (including phenoxy) is 1. The Bertz CT molecular complexity index is 494. The van der Waals surface area contributed by atoms with Gasteiger partial charge in [-0.25, -0.2) is 0 Å². The van der Waals surface area contributed by atoms with Gasteiger partial charge in [0.1, 0.15) is 4.99 Å². The fraction of sp³-hybridized carbons (Fsp3) is 0.462. The molecule has 1 aromatic carbocycles. The Kier molecular flexibility index (Phi) is 3.18. The van der Waals surface area contributed by atoms with Crippen molar-refractivity contribution in [3.8, 4) is 0 Å². The molecule has 3 N–H and O–H groups in total. The molecule has 0 aliphatic carbocycles. The summed E-state index contributed by atoms with van der Waals surface area (Å²) >= 11 is 11.1. The van der Waals surface area contributed by atoms with E-state index < -0.39 is 0 Å². The van der Waals surface area contributed by atoms with Gasteiger partial charge in [-0.2, -0.15) is 0 Å². The van der Waals surface area contributed by atoms with Gasteiger partial charge in [0.05, 0.1) is 18.2 Å². The molecular formula is C13H15ClN2OS. The molecule has 2 heterocycles. The van der Waals surface area contributed by atoms with Gasteiger partial charge in [0.15, 0.2) is 0 Å². The third-order valence-corrected chi connectivity index (χ3v) is 4.15. The lowest BCUT2D eigenvalue weighted by Crippen LogP contribution is -2.31. The number of anilines is 1. The molecule has 3 rings (SSSR count). The number of nitrogens with one attached hydrogen (secondary N) is 1. The van der Waals surface area contributed by atoms with Crippen molar-refractivity contribution in [1.82, 2.24) is 0 Å². The molecule has 18 heavy (non-hydrogen) atoms. The van der Waals surface area contributed by atoms with Crippen LogP contribution in [0.1, 0.15) is 24.8 Å². The molecular weight excluding hydrogens is 268 g/mol. The van der Waals surface area contributed by atoms with Crippen LogP contribution in [-0.4, -0.2) is 23.2 Å². The zero-order valence-corrected chi connectivity index (χ0v) is 11.4. The van der Waals surface area contributed by atoms with Crippen LogP contribution in [0.25, 0.3) is 0 Å². The summed E-state index contributed by atoms with van der Waals surface area (Å²) in [5, 5.41) is 4.17. The Morgan fingerprint density at radius 3 is 2.89 bits per heavy atom. The lowest BCUT2D eigenvalue weighted by atomic mass is 9.95. The summed E-state index contributed by atoms with van der Waals surface area (Å²) in [6.45, 7) is 0. The molecule has 1 aromatic rings. The normalized spacial score (nSPS) is 29.5. The molecule has 0 spiro atoms. The maximum Gasteiger partial charge on any atom is 0.106 e. The molecule has 2 aliphatic rings. The summed E-state index contributed by atoms with van der Waals surface area (Å²) in [5.41, 5.74) is 7.49. The van der Waals surface area contributed by atoms with Crippen LogP contribution in [0.3, 0.4) is 0 Å². The maximum absolute atomic E-state index is 6.03. The first-order valence-electron chi connectivity index (χ1n) is 6.15. The molecule has 2 fully saturated rings. The van der Waals surface area contributed by atoms with Crippen LogP contribution in [0, 0.1) is 0 Å². The van der Waals surface area contributed by atoms with Gasteiger partial charge < -0.3 is 15.8 Å². The molecule has 0 saturated carbocycles. The van der Waals surface area contributed by atoms with E-state index >= 15 is 0 Å². The van der Waals surface area contributed by atoms with Crippen molar-refractivity contribution in [3.05, 3.63) is 28.8 Å². The van der Waals surface area contributed by atoms with Gasteiger partial charge >= 0.3 is 0 Å². The molecule has 0 radical (unpaired) electrons. The van der Waals surface area contributed by atoms with Gasteiger partial charge in [-0.15, -0.1) is 0 Å². The Hall–Kier alpha value is -0.840. The zero-order chi connectivity index (χ0) is 12.7. The van der Waals surface area contributed by atoms with E-state index in [2.05, 4.69) is 5.32 Å². The van der Waals surface area contributed by atoms with Crippen molar-refractivity contribution in [2.45, 2.75) is 37.5 Å². The highest BCUT2D eigenvalue weighted by atomic mass is 35.5. The van der Waals surface area contributed by atoms with Crippen molar-refractivity contribution in [1.29, 1.82) is 0 Å². The third kappa shape index (κ3) is 2.20. The lowest BCUT2D eigenvalue weighted by molar-refractivity contribution is 0.102. The first-order valence-corrected chi connectivity index (χ1v) is 6.93. The average molecular weight is 283 g/mol. The molecule has 2 saturated heterocycles. The van der Waals surface area contributed by atoms with E-state index in [1.165, 1.54) is 6.42 Å². The fourth-order valence-electron chi connectivity index (χ4n) is 2.84. The van der Waals surface area contributed by atoms with E-state index in [0.717, 1.165) is 24.1 Å². The summed E-state index contributed by atoms with van der Waals surface area (Å²) in [5.74, 6) is 0. The predicted octanol–water partition coefficient (Wildman–Crippen LogP) is 2.71. The summed E-state index contributed by atoms with van der Waals surface area (Å²) in [7, 11) is 0. The highest BCUT2D eigenvalue weighted by molar-refractivity contribution is 7.80. The Balaban J connectivity index is 1.83. The van der Waals surface area contributed by atoms with Crippen LogP contribution in [0.2, 0.25) is 5.02 Å². The number of hydrogen-bond acceptors (Lipinski definition) is 3. The van der Waals surface area contributed by atoms with Crippen molar-refractivity contribution in [2.75, 3.05) is 5.32 Å². The molecule has 3 nitrogen and oxygen atoms in total. The first-order chi connectivity index (χ1) is 8.63. The number of benzene rings is 1. The minimum atomic E-state index is 0.313. The molecule has 3 atom stereocenters. The second-order valence-corrected chi connectivity index (χ2v) is 5.79. The van der Waals surface area contributed by atoms with E-state index in [1.807, 2.05) is 12.1 Å².